The maximum atomic E-state index is 12.6. The van der Waals surface area contributed by atoms with Crippen LogP contribution in [-0.2, 0) is 10.0 Å². The highest BCUT2D eigenvalue weighted by molar-refractivity contribution is 7.89. The van der Waals surface area contributed by atoms with Crippen LogP contribution in [0.3, 0.4) is 0 Å². The fourth-order valence-electron chi connectivity index (χ4n) is 2.51. The van der Waals surface area contributed by atoms with Gasteiger partial charge in [-0.15, -0.1) is 0 Å². The summed E-state index contributed by atoms with van der Waals surface area (Å²) in [6.45, 7) is 5.83. The first-order valence-corrected chi connectivity index (χ1v) is 9.58. The number of rotatable bonds is 6. The first-order valence-electron chi connectivity index (χ1n) is 8.14. The molecule has 0 aromatic heterocycles. The van der Waals surface area contributed by atoms with Crippen molar-refractivity contribution in [3.05, 3.63) is 47.5 Å². The second kappa shape index (κ2) is 7.76. The van der Waals surface area contributed by atoms with Crippen LogP contribution in [0, 0.1) is 6.92 Å². The van der Waals surface area contributed by atoms with Gasteiger partial charge in [-0.05, 0) is 42.8 Å². The van der Waals surface area contributed by atoms with Gasteiger partial charge in [0.1, 0.15) is 11.5 Å². The molecule has 0 saturated heterocycles. The van der Waals surface area contributed by atoms with Crippen molar-refractivity contribution in [2.45, 2.75) is 25.7 Å². The van der Waals surface area contributed by atoms with E-state index in [2.05, 4.69) is 5.32 Å². The van der Waals surface area contributed by atoms with E-state index in [1.165, 1.54) is 34.6 Å². The number of nitrogens with one attached hydrogen (secondary N) is 1. The molecule has 0 fully saturated rings. The largest absolute Gasteiger partial charge is 0.507 e. The number of hydrogen-bond donors (Lipinski definition) is 3. The van der Waals surface area contributed by atoms with Gasteiger partial charge in [0.2, 0.25) is 10.0 Å². The number of anilines is 1. The van der Waals surface area contributed by atoms with Gasteiger partial charge in [0, 0.05) is 13.1 Å². The lowest BCUT2D eigenvalue weighted by molar-refractivity contribution is 0.102. The van der Waals surface area contributed by atoms with E-state index in [1.54, 1.807) is 26.8 Å². The number of aromatic hydroxyl groups is 2. The van der Waals surface area contributed by atoms with E-state index in [1.807, 2.05) is 0 Å². The maximum absolute atomic E-state index is 12.6. The van der Waals surface area contributed by atoms with Crippen molar-refractivity contribution in [3.63, 3.8) is 0 Å². The fourth-order valence-corrected chi connectivity index (χ4v) is 4.00. The second-order valence-electron chi connectivity index (χ2n) is 5.74. The van der Waals surface area contributed by atoms with Gasteiger partial charge in [-0.25, -0.2) is 8.42 Å². The minimum absolute atomic E-state index is 0.0204. The molecular weight excluding hydrogens is 356 g/mol. The highest BCUT2D eigenvalue weighted by Gasteiger charge is 2.23. The van der Waals surface area contributed by atoms with E-state index >= 15 is 0 Å². The predicted molar refractivity (Wildman–Crippen MR) is 99.0 cm³/mol. The molecule has 0 saturated carbocycles. The van der Waals surface area contributed by atoms with Crippen LogP contribution in [-0.4, -0.2) is 41.9 Å². The Morgan fingerprint density at radius 3 is 2.27 bits per heavy atom. The van der Waals surface area contributed by atoms with Gasteiger partial charge in [0.05, 0.1) is 16.1 Å². The molecule has 7 nitrogen and oxygen atoms in total. The summed E-state index contributed by atoms with van der Waals surface area (Å²) in [5.41, 5.74) is 0.754. The van der Waals surface area contributed by atoms with Crippen LogP contribution in [0.15, 0.2) is 41.3 Å². The monoisotopic (exact) mass is 378 g/mol. The molecule has 0 bridgehead atoms. The van der Waals surface area contributed by atoms with Crippen molar-refractivity contribution in [1.29, 1.82) is 0 Å². The molecule has 0 unspecified atom stereocenters. The molecule has 2 rings (SSSR count). The summed E-state index contributed by atoms with van der Waals surface area (Å²) in [6, 6.07) is 8.24. The van der Waals surface area contributed by atoms with E-state index in [9.17, 15) is 23.4 Å². The molecule has 0 aliphatic rings. The third-order valence-corrected chi connectivity index (χ3v) is 6.00. The summed E-state index contributed by atoms with van der Waals surface area (Å²) >= 11 is 0. The highest BCUT2D eigenvalue weighted by Crippen LogP contribution is 2.29. The molecule has 1 amide bonds. The van der Waals surface area contributed by atoms with E-state index in [-0.39, 0.29) is 27.6 Å². The Kier molecular flexibility index (Phi) is 5.89. The maximum Gasteiger partial charge on any atom is 0.259 e. The molecule has 0 aliphatic heterocycles. The lowest BCUT2D eigenvalue weighted by atomic mass is 10.1. The Labute approximate surface area is 152 Å². The molecule has 0 spiro atoms. The zero-order chi connectivity index (χ0) is 19.5. The quantitative estimate of drug-likeness (QED) is 0.670. The smallest absolute Gasteiger partial charge is 0.259 e. The number of benzene rings is 2. The van der Waals surface area contributed by atoms with Gasteiger partial charge in [0.15, 0.2) is 0 Å². The van der Waals surface area contributed by atoms with Gasteiger partial charge in [-0.1, -0.05) is 19.9 Å². The molecule has 2 aromatic carbocycles. The number of carbonyl (C=O) groups is 1. The Morgan fingerprint density at radius 1 is 1.04 bits per heavy atom. The fraction of sp³-hybridized carbons (Fsp3) is 0.278. The average Bonchev–Trinajstić information content (AvgIpc) is 2.57. The molecule has 0 heterocycles. The summed E-state index contributed by atoms with van der Waals surface area (Å²) in [5, 5.41) is 22.3. The standard InChI is InChI=1S/C18H22N2O5S/c1-4-20(5-2)26(24,25)13-7-9-16(21)15(11-13)19-18(23)14-8-6-12(3)10-17(14)22/h6-11,21-22H,4-5H2,1-3H3,(H,19,23). The van der Waals surface area contributed by atoms with Gasteiger partial charge in [0.25, 0.3) is 5.91 Å². The minimum Gasteiger partial charge on any atom is -0.507 e. The third kappa shape index (κ3) is 3.97. The van der Waals surface area contributed by atoms with Crippen molar-refractivity contribution in [2.75, 3.05) is 18.4 Å². The first-order chi connectivity index (χ1) is 12.2. The minimum atomic E-state index is -3.73. The van der Waals surface area contributed by atoms with Crippen LogP contribution in [0.1, 0.15) is 29.8 Å². The number of sulfonamides is 1. The van der Waals surface area contributed by atoms with Crippen molar-refractivity contribution >= 4 is 21.6 Å². The molecule has 0 aliphatic carbocycles. The van der Waals surface area contributed by atoms with Crippen LogP contribution in [0.25, 0.3) is 0 Å². The summed E-state index contributed by atoms with van der Waals surface area (Å²) in [5.74, 6) is -1.13. The van der Waals surface area contributed by atoms with Gasteiger partial charge >= 0.3 is 0 Å². The van der Waals surface area contributed by atoms with Crippen molar-refractivity contribution in [1.82, 2.24) is 4.31 Å². The molecule has 140 valence electrons. The van der Waals surface area contributed by atoms with Crippen molar-refractivity contribution < 1.29 is 23.4 Å². The number of aryl methyl sites for hydroxylation is 1. The molecule has 0 atom stereocenters. The summed E-state index contributed by atoms with van der Waals surface area (Å²) in [7, 11) is -3.73. The van der Waals surface area contributed by atoms with Gasteiger partial charge in [-0.2, -0.15) is 4.31 Å². The Morgan fingerprint density at radius 2 is 1.69 bits per heavy atom. The van der Waals surface area contributed by atoms with Crippen molar-refractivity contribution in [3.8, 4) is 11.5 Å². The van der Waals surface area contributed by atoms with E-state index in [0.717, 1.165) is 5.56 Å². The molecule has 8 heteroatoms. The zero-order valence-electron chi connectivity index (χ0n) is 14.9. The average molecular weight is 378 g/mol. The summed E-state index contributed by atoms with van der Waals surface area (Å²) < 4.78 is 26.5. The normalized spacial score (nSPS) is 11.5. The molecule has 0 radical (unpaired) electrons. The second-order valence-corrected chi connectivity index (χ2v) is 7.68. The molecular formula is C18H22N2O5S. The number of phenols is 2. The topological polar surface area (TPSA) is 107 Å². The van der Waals surface area contributed by atoms with E-state index in [4.69, 9.17) is 0 Å². The summed E-state index contributed by atoms with van der Waals surface area (Å²) in [6.07, 6.45) is 0. The van der Waals surface area contributed by atoms with Crippen LogP contribution >= 0.6 is 0 Å². The lowest BCUT2D eigenvalue weighted by Crippen LogP contribution is -2.30. The Bertz CT molecular complexity index is 921. The number of amides is 1. The van der Waals surface area contributed by atoms with E-state index in [0.29, 0.717) is 13.1 Å². The SMILES string of the molecule is CCN(CC)S(=O)(=O)c1ccc(O)c(NC(=O)c2ccc(C)cc2O)c1. The molecule has 3 N–H and O–H groups in total. The molecule has 2 aromatic rings. The number of phenolic OH excluding ortho intramolecular Hbond substituents is 2. The zero-order valence-corrected chi connectivity index (χ0v) is 15.7. The van der Waals surface area contributed by atoms with Crippen LogP contribution in [0.2, 0.25) is 0 Å². The third-order valence-electron chi connectivity index (χ3n) is 3.96. The van der Waals surface area contributed by atoms with Gasteiger partial charge in [-0.3, -0.25) is 4.79 Å². The predicted octanol–water partition coefficient (Wildman–Crippen LogP) is 2.69. The Hall–Kier alpha value is -2.58. The highest BCUT2D eigenvalue weighted by atomic mass is 32.2. The number of nitrogens with zero attached hydrogens (tertiary/aromatic N) is 1. The summed E-state index contributed by atoms with van der Waals surface area (Å²) in [4.78, 5) is 12.3. The number of hydrogen-bond acceptors (Lipinski definition) is 5. The number of carbonyl (C=O) groups excluding carboxylic acids is 1. The lowest BCUT2D eigenvalue weighted by Gasteiger charge is -2.19. The van der Waals surface area contributed by atoms with Gasteiger partial charge < -0.3 is 15.5 Å². The first kappa shape index (κ1) is 19.7. The van der Waals surface area contributed by atoms with E-state index < -0.39 is 15.9 Å². The van der Waals surface area contributed by atoms with Crippen LogP contribution in [0.4, 0.5) is 5.69 Å². The van der Waals surface area contributed by atoms with Crippen molar-refractivity contribution in [2.24, 2.45) is 0 Å². The molecule has 26 heavy (non-hydrogen) atoms. The van der Waals surface area contributed by atoms with Crippen LogP contribution < -0.4 is 5.32 Å². The van der Waals surface area contributed by atoms with Crippen LogP contribution in [0.5, 0.6) is 11.5 Å². The Balaban J connectivity index is 2.37.